The smallest absolute Gasteiger partial charge is 0.338 e. The highest BCUT2D eigenvalue weighted by Gasteiger charge is 2.18. The molecule has 0 saturated heterocycles. The minimum atomic E-state index is -4.05. The average Bonchev–Trinajstić information content (AvgIpc) is 2.72. The number of benzene rings is 2. The van der Waals surface area contributed by atoms with Gasteiger partial charge in [-0.3, -0.25) is 14.8 Å². The standard InChI is InChI=1S/C19H20FN3O6S/c1-2-10-21-19(26)22-17(24)12-29-18(25)13-4-3-5-16(11-13)30(27,28)23-15-8-6-14(20)7-9-15/h3-9,11,23H,2,10,12H2,1H3,(H2,21,22,24,26). The lowest BCUT2D eigenvalue weighted by Crippen LogP contribution is -2.41. The molecule has 2 rings (SSSR count). The molecule has 0 saturated carbocycles. The molecule has 9 nitrogen and oxygen atoms in total. The summed E-state index contributed by atoms with van der Waals surface area (Å²) in [4.78, 5) is 34.9. The molecule has 0 aromatic heterocycles. The first-order chi connectivity index (χ1) is 14.2. The third kappa shape index (κ3) is 6.85. The highest BCUT2D eigenvalue weighted by atomic mass is 32.2. The number of imide groups is 1. The summed E-state index contributed by atoms with van der Waals surface area (Å²) in [5.41, 5.74) is 0.0302. The first kappa shape index (κ1) is 22.8. The number of anilines is 1. The van der Waals surface area contributed by atoms with E-state index in [0.29, 0.717) is 13.0 Å². The van der Waals surface area contributed by atoms with Gasteiger partial charge >= 0.3 is 12.0 Å². The monoisotopic (exact) mass is 437 g/mol. The van der Waals surface area contributed by atoms with Crippen LogP contribution >= 0.6 is 0 Å². The van der Waals surface area contributed by atoms with Gasteiger partial charge in [0, 0.05) is 12.2 Å². The normalized spacial score (nSPS) is 10.7. The van der Waals surface area contributed by atoms with E-state index in [-0.39, 0.29) is 16.1 Å². The Morgan fingerprint density at radius 3 is 2.43 bits per heavy atom. The van der Waals surface area contributed by atoms with Crippen LogP contribution in [-0.2, 0) is 19.6 Å². The summed E-state index contributed by atoms with van der Waals surface area (Å²) in [7, 11) is -4.05. The van der Waals surface area contributed by atoms with Gasteiger partial charge in [-0.1, -0.05) is 13.0 Å². The second kappa shape index (κ2) is 10.3. The van der Waals surface area contributed by atoms with Gasteiger partial charge in [-0.25, -0.2) is 22.4 Å². The Hall–Kier alpha value is -3.47. The van der Waals surface area contributed by atoms with Crippen molar-refractivity contribution in [2.75, 3.05) is 17.9 Å². The quantitative estimate of drug-likeness (QED) is 0.542. The summed E-state index contributed by atoms with van der Waals surface area (Å²) in [6, 6.07) is 8.95. The van der Waals surface area contributed by atoms with Crippen molar-refractivity contribution >= 4 is 33.6 Å². The molecule has 2 aromatic carbocycles. The molecule has 3 N–H and O–H groups in total. The molecule has 3 amide bonds. The fourth-order valence-corrected chi connectivity index (χ4v) is 3.29. The number of sulfonamides is 1. The summed E-state index contributed by atoms with van der Waals surface area (Å²) in [5, 5.41) is 4.41. The van der Waals surface area contributed by atoms with E-state index in [1.54, 1.807) is 0 Å². The predicted octanol–water partition coefficient (Wildman–Crippen LogP) is 2.02. The Labute approximate surface area is 172 Å². The lowest BCUT2D eigenvalue weighted by molar-refractivity contribution is -0.123. The Morgan fingerprint density at radius 2 is 1.77 bits per heavy atom. The number of esters is 1. The van der Waals surface area contributed by atoms with Crippen molar-refractivity contribution in [2.45, 2.75) is 18.2 Å². The minimum absolute atomic E-state index is 0.111. The first-order valence-corrected chi connectivity index (χ1v) is 10.3. The van der Waals surface area contributed by atoms with Crippen LogP contribution in [-0.4, -0.2) is 39.5 Å². The third-order valence-corrected chi connectivity index (χ3v) is 4.98. The van der Waals surface area contributed by atoms with Crippen molar-refractivity contribution in [1.29, 1.82) is 0 Å². The van der Waals surface area contributed by atoms with Crippen LogP contribution in [0.3, 0.4) is 0 Å². The number of carbonyl (C=O) groups excluding carboxylic acids is 3. The lowest BCUT2D eigenvalue weighted by atomic mass is 10.2. The van der Waals surface area contributed by atoms with Gasteiger partial charge in [0.2, 0.25) is 0 Å². The highest BCUT2D eigenvalue weighted by molar-refractivity contribution is 7.92. The van der Waals surface area contributed by atoms with Crippen molar-refractivity contribution in [3.05, 3.63) is 59.9 Å². The molecule has 0 radical (unpaired) electrons. The third-order valence-electron chi connectivity index (χ3n) is 3.60. The van der Waals surface area contributed by atoms with E-state index < -0.39 is 40.4 Å². The van der Waals surface area contributed by atoms with Crippen LogP contribution in [0.5, 0.6) is 0 Å². The van der Waals surface area contributed by atoms with Gasteiger partial charge in [0.05, 0.1) is 10.5 Å². The van der Waals surface area contributed by atoms with Crippen LogP contribution in [0.2, 0.25) is 0 Å². The van der Waals surface area contributed by atoms with Crippen LogP contribution in [0.1, 0.15) is 23.7 Å². The van der Waals surface area contributed by atoms with Gasteiger partial charge in [0.25, 0.3) is 15.9 Å². The zero-order valence-electron chi connectivity index (χ0n) is 16.0. The van der Waals surface area contributed by atoms with Gasteiger partial charge in [0.15, 0.2) is 6.61 Å². The molecule has 0 heterocycles. The van der Waals surface area contributed by atoms with Crippen molar-refractivity contribution in [3.8, 4) is 0 Å². The summed E-state index contributed by atoms with van der Waals surface area (Å²) in [6.45, 7) is 1.50. The van der Waals surface area contributed by atoms with Gasteiger partial charge in [-0.05, 0) is 48.9 Å². The minimum Gasteiger partial charge on any atom is -0.452 e. The molecular formula is C19H20FN3O6S. The molecule has 0 unspecified atom stereocenters. The van der Waals surface area contributed by atoms with Crippen LogP contribution < -0.4 is 15.4 Å². The van der Waals surface area contributed by atoms with Crippen molar-refractivity contribution in [1.82, 2.24) is 10.6 Å². The van der Waals surface area contributed by atoms with Crippen LogP contribution in [0.25, 0.3) is 0 Å². The molecule has 0 fully saturated rings. The molecule has 0 atom stereocenters. The summed E-state index contributed by atoms with van der Waals surface area (Å²) in [6.07, 6.45) is 0.686. The number of nitrogens with one attached hydrogen (secondary N) is 3. The maximum absolute atomic E-state index is 13.0. The SMILES string of the molecule is CCCNC(=O)NC(=O)COC(=O)c1cccc(S(=O)(=O)Nc2ccc(F)cc2)c1. The number of hydrogen-bond donors (Lipinski definition) is 3. The molecule has 0 aliphatic heterocycles. The largest absolute Gasteiger partial charge is 0.452 e. The summed E-state index contributed by atoms with van der Waals surface area (Å²) >= 11 is 0. The second-order valence-corrected chi connectivity index (χ2v) is 7.70. The van der Waals surface area contributed by atoms with Crippen LogP contribution in [0.4, 0.5) is 14.9 Å². The maximum atomic E-state index is 13.0. The number of amides is 3. The van der Waals surface area contributed by atoms with Gasteiger partial charge < -0.3 is 10.1 Å². The van der Waals surface area contributed by atoms with E-state index in [1.807, 2.05) is 12.2 Å². The van der Waals surface area contributed by atoms with Gasteiger partial charge in [-0.15, -0.1) is 0 Å². The van der Waals surface area contributed by atoms with E-state index in [2.05, 4.69) is 10.0 Å². The Kier molecular flexibility index (Phi) is 7.87. The van der Waals surface area contributed by atoms with Crippen molar-refractivity contribution in [3.63, 3.8) is 0 Å². The van der Waals surface area contributed by atoms with Gasteiger partial charge in [-0.2, -0.15) is 0 Å². The molecule has 30 heavy (non-hydrogen) atoms. The summed E-state index contributed by atoms with van der Waals surface area (Å²) < 4.78 is 45.0. The fourth-order valence-electron chi connectivity index (χ4n) is 2.18. The second-order valence-electron chi connectivity index (χ2n) is 6.02. The number of urea groups is 1. The molecule has 0 spiro atoms. The van der Waals surface area contributed by atoms with E-state index >= 15 is 0 Å². The highest BCUT2D eigenvalue weighted by Crippen LogP contribution is 2.18. The maximum Gasteiger partial charge on any atom is 0.338 e. The van der Waals surface area contributed by atoms with E-state index in [1.165, 1.54) is 30.3 Å². The number of hydrogen-bond acceptors (Lipinski definition) is 6. The van der Waals surface area contributed by atoms with Crippen molar-refractivity contribution in [2.24, 2.45) is 0 Å². The lowest BCUT2D eigenvalue weighted by Gasteiger charge is -2.10. The fraction of sp³-hybridized carbons (Fsp3) is 0.211. The number of halogens is 1. The van der Waals surface area contributed by atoms with E-state index in [4.69, 9.17) is 4.74 Å². The first-order valence-electron chi connectivity index (χ1n) is 8.84. The van der Waals surface area contributed by atoms with Crippen molar-refractivity contribution < 1.29 is 31.9 Å². The zero-order valence-corrected chi connectivity index (χ0v) is 16.8. The van der Waals surface area contributed by atoms with Crippen LogP contribution in [0, 0.1) is 5.82 Å². The van der Waals surface area contributed by atoms with E-state index in [9.17, 15) is 27.2 Å². The topological polar surface area (TPSA) is 131 Å². The van der Waals surface area contributed by atoms with Gasteiger partial charge in [0.1, 0.15) is 5.82 Å². The molecule has 11 heteroatoms. The van der Waals surface area contributed by atoms with E-state index in [0.717, 1.165) is 18.2 Å². The number of rotatable bonds is 8. The molecule has 2 aromatic rings. The zero-order chi connectivity index (χ0) is 22.1. The molecule has 0 bridgehead atoms. The average molecular weight is 437 g/mol. The Morgan fingerprint density at radius 1 is 1.07 bits per heavy atom. The molecule has 0 aliphatic carbocycles. The molecule has 160 valence electrons. The molecule has 0 aliphatic rings. The summed E-state index contributed by atoms with van der Waals surface area (Å²) in [5.74, 6) is -2.30. The Bertz CT molecular complexity index is 1020. The number of ether oxygens (including phenoxy) is 1. The Balaban J connectivity index is 2.00. The molecular weight excluding hydrogens is 417 g/mol. The predicted molar refractivity (Wildman–Crippen MR) is 106 cm³/mol. The van der Waals surface area contributed by atoms with Crippen LogP contribution in [0.15, 0.2) is 53.4 Å². The number of carbonyl (C=O) groups is 3.